The number of hydrogen-bond donors (Lipinski definition) is 2. The van der Waals surface area contributed by atoms with Crippen LogP contribution in [0.4, 0.5) is 5.82 Å². The van der Waals surface area contributed by atoms with Crippen LogP contribution in [0.1, 0.15) is 51.4 Å². The highest BCUT2D eigenvalue weighted by molar-refractivity contribution is 5.79. The third kappa shape index (κ3) is 4.44. The number of rotatable bonds is 4. The minimum absolute atomic E-state index is 0.0345. The zero-order valence-electron chi connectivity index (χ0n) is 14.3. The molecule has 1 aliphatic heterocycles. The number of nitrogens with one attached hydrogen (secondary N) is 1. The van der Waals surface area contributed by atoms with Crippen molar-refractivity contribution < 1.29 is 9.90 Å². The van der Waals surface area contributed by atoms with Crippen molar-refractivity contribution in [2.75, 3.05) is 24.5 Å². The van der Waals surface area contributed by atoms with Crippen molar-refractivity contribution in [1.29, 1.82) is 0 Å². The molecule has 1 saturated heterocycles. The van der Waals surface area contributed by atoms with Crippen LogP contribution in [0.5, 0.6) is 0 Å². The maximum Gasteiger partial charge on any atom is 0.223 e. The van der Waals surface area contributed by atoms with Crippen molar-refractivity contribution in [3.63, 3.8) is 0 Å². The Balaban J connectivity index is 1.45. The molecule has 2 heterocycles. The molecule has 0 radical (unpaired) electrons. The predicted octanol–water partition coefficient (Wildman–Crippen LogP) is 1.89. The highest BCUT2D eigenvalue weighted by Crippen LogP contribution is 2.27. The van der Waals surface area contributed by atoms with E-state index in [4.69, 9.17) is 0 Å². The lowest BCUT2D eigenvalue weighted by molar-refractivity contribution is -0.127. The topological polar surface area (TPSA) is 78.4 Å². The Kier molecular flexibility index (Phi) is 5.66. The molecule has 2 fully saturated rings. The first kappa shape index (κ1) is 17.1. The molecule has 0 aromatic carbocycles. The van der Waals surface area contributed by atoms with Gasteiger partial charge in [-0.05, 0) is 25.7 Å². The molecule has 0 bridgehead atoms. The van der Waals surface area contributed by atoms with E-state index in [1.165, 1.54) is 12.8 Å². The Bertz CT molecular complexity index is 521. The first-order valence-corrected chi connectivity index (χ1v) is 9.17. The average Bonchev–Trinajstić information content (AvgIpc) is 2.86. The van der Waals surface area contributed by atoms with Gasteiger partial charge in [-0.2, -0.15) is 0 Å². The number of anilines is 1. The number of piperidine rings is 1. The van der Waals surface area contributed by atoms with E-state index in [-0.39, 0.29) is 11.8 Å². The Morgan fingerprint density at radius 1 is 1.21 bits per heavy atom. The monoisotopic (exact) mass is 332 g/mol. The molecule has 1 saturated carbocycles. The van der Waals surface area contributed by atoms with Crippen LogP contribution in [0.2, 0.25) is 0 Å². The molecule has 2 N–H and O–H groups in total. The number of amides is 1. The summed E-state index contributed by atoms with van der Waals surface area (Å²) >= 11 is 0. The van der Waals surface area contributed by atoms with Gasteiger partial charge in [0.15, 0.2) is 0 Å². The molecule has 2 aliphatic rings. The van der Waals surface area contributed by atoms with Crippen LogP contribution in [0.15, 0.2) is 18.6 Å². The third-order valence-electron chi connectivity index (χ3n) is 5.37. The van der Waals surface area contributed by atoms with Crippen molar-refractivity contribution in [2.45, 2.75) is 57.0 Å². The number of aromatic nitrogens is 2. The Hall–Kier alpha value is -1.69. The largest absolute Gasteiger partial charge is 0.388 e. The van der Waals surface area contributed by atoms with Crippen LogP contribution >= 0.6 is 0 Å². The molecule has 24 heavy (non-hydrogen) atoms. The summed E-state index contributed by atoms with van der Waals surface area (Å²) in [7, 11) is 0. The third-order valence-corrected chi connectivity index (χ3v) is 5.37. The Morgan fingerprint density at radius 2 is 1.92 bits per heavy atom. The molecule has 0 atom stereocenters. The lowest BCUT2D eigenvalue weighted by atomic mass is 9.92. The molecular formula is C18H28N4O2. The van der Waals surface area contributed by atoms with Gasteiger partial charge in [0, 0.05) is 37.9 Å². The van der Waals surface area contributed by atoms with Gasteiger partial charge in [0.05, 0.1) is 11.8 Å². The van der Waals surface area contributed by atoms with Crippen LogP contribution in [-0.2, 0) is 4.79 Å². The van der Waals surface area contributed by atoms with Crippen molar-refractivity contribution in [1.82, 2.24) is 15.3 Å². The number of carbonyl (C=O) groups excluding carboxylic acids is 1. The minimum atomic E-state index is -0.702. The highest BCUT2D eigenvalue weighted by atomic mass is 16.3. The van der Waals surface area contributed by atoms with Gasteiger partial charge in [0.25, 0.3) is 0 Å². The van der Waals surface area contributed by atoms with E-state index in [2.05, 4.69) is 20.2 Å². The van der Waals surface area contributed by atoms with Gasteiger partial charge < -0.3 is 15.3 Å². The molecule has 1 aromatic rings. The van der Waals surface area contributed by atoms with Crippen LogP contribution in [0.25, 0.3) is 0 Å². The van der Waals surface area contributed by atoms with Crippen molar-refractivity contribution in [3.05, 3.63) is 18.6 Å². The standard InChI is InChI=1S/C18H28N4O2/c23-17(21-14-18(24)7-3-1-2-4-8-18)15-5-11-22(12-6-15)16-13-19-9-10-20-16/h9-10,13,15,24H,1-8,11-12,14H2,(H,21,23). The highest BCUT2D eigenvalue weighted by Gasteiger charge is 2.31. The van der Waals surface area contributed by atoms with Crippen LogP contribution in [0.3, 0.4) is 0 Å². The molecule has 6 nitrogen and oxygen atoms in total. The van der Waals surface area contributed by atoms with Crippen molar-refractivity contribution in [2.24, 2.45) is 5.92 Å². The van der Waals surface area contributed by atoms with E-state index in [1.807, 2.05) is 0 Å². The maximum absolute atomic E-state index is 12.4. The van der Waals surface area contributed by atoms with Gasteiger partial charge >= 0.3 is 0 Å². The van der Waals surface area contributed by atoms with Gasteiger partial charge in [-0.15, -0.1) is 0 Å². The van der Waals surface area contributed by atoms with E-state index >= 15 is 0 Å². The van der Waals surface area contributed by atoms with E-state index < -0.39 is 5.60 Å². The second kappa shape index (κ2) is 7.92. The molecule has 1 aromatic heterocycles. The summed E-state index contributed by atoms with van der Waals surface area (Å²) < 4.78 is 0. The maximum atomic E-state index is 12.4. The molecule has 1 amide bonds. The van der Waals surface area contributed by atoms with Gasteiger partial charge in [-0.1, -0.05) is 25.7 Å². The summed E-state index contributed by atoms with van der Waals surface area (Å²) in [6, 6.07) is 0. The first-order chi connectivity index (χ1) is 11.7. The molecule has 0 spiro atoms. The zero-order chi connectivity index (χ0) is 16.8. The predicted molar refractivity (Wildman–Crippen MR) is 92.6 cm³/mol. The average molecular weight is 332 g/mol. The van der Waals surface area contributed by atoms with Gasteiger partial charge in [0.2, 0.25) is 5.91 Å². The summed E-state index contributed by atoms with van der Waals surface area (Å²) in [5.74, 6) is 1.00. The van der Waals surface area contributed by atoms with E-state index in [0.717, 1.165) is 57.4 Å². The van der Waals surface area contributed by atoms with Crippen LogP contribution in [-0.4, -0.2) is 46.2 Å². The summed E-state index contributed by atoms with van der Waals surface area (Å²) in [6.07, 6.45) is 12.9. The number of hydrogen-bond acceptors (Lipinski definition) is 5. The fourth-order valence-corrected chi connectivity index (χ4v) is 3.78. The lowest BCUT2D eigenvalue weighted by Gasteiger charge is -2.33. The van der Waals surface area contributed by atoms with E-state index in [1.54, 1.807) is 18.6 Å². The first-order valence-electron chi connectivity index (χ1n) is 9.17. The van der Waals surface area contributed by atoms with Crippen LogP contribution < -0.4 is 10.2 Å². The zero-order valence-corrected chi connectivity index (χ0v) is 14.3. The second-order valence-electron chi connectivity index (χ2n) is 7.18. The normalized spacial score (nSPS) is 22.0. The Labute approximate surface area is 143 Å². The number of aliphatic hydroxyl groups is 1. The second-order valence-corrected chi connectivity index (χ2v) is 7.18. The fourth-order valence-electron chi connectivity index (χ4n) is 3.78. The quantitative estimate of drug-likeness (QED) is 0.823. The summed E-state index contributed by atoms with van der Waals surface area (Å²) in [6.45, 7) is 2.04. The van der Waals surface area contributed by atoms with Crippen LogP contribution in [0, 0.1) is 5.92 Å². The summed E-state index contributed by atoms with van der Waals surface area (Å²) in [5, 5.41) is 13.7. The summed E-state index contributed by atoms with van der Waals surface area (Å²) in [4.78, 5) is 23.0. The number of carbonyl (C=O) groups is 1. The lowest BCUT2D eigenvalue weighted by Crippen LogP contribution is -2.46. The van der Waals surface area contributed by atoms with Crippen molar-refractivity contribution >= 4 is 11.7 Å². The number of nitrogens with zero attached hydrogens (tertiary/aromatic N) is 3. The van der Waals surface area contributed by atoms with Gasteiger partial charge in [-0.3, -0.25) is 9.78 Å². The molecule has 3 rings (SSSR count). The fraction of sp³-hybridized carbons (Fsp3) is 0.722. The molecule has 6 heteroatoms. The smallest absolute Gasteiger partial charge is 0.223 e. The van der Waals surface area contributed by atoms with E-state index in [0.29, 0.717) is 6.54 Å². The minimum Gasteiger partial charge on any atom is -0.388 e. The molecule has 0 unspecified atom stereocenters. The molecule has 1 aliphatic carbocycles. The van der Waals surface area contributed by atoms with Crippen molar-refractivity contribution in [3.8, 4) is 0 Å². The molecule has 132 valence electrons. The van der Waals surface area contributed by atoms with Gasteiger partial charge in [0.1, 0.15) is 5.82 Å². The SMILES string of the molecule is O=C(NCC1(O)CCCCCC1)C1CCN(c2cnccn2)CC1. The van der Waals surface area contributed by atoms with E-state index in [9.17, 15) is 9.90 Å². The van der Waals surface area contributed by atoms with Gasteiger partial charge in [-0.25, -0.2) is 4.98 Å². The summed E-state index contributed by atoms with van der Waals surface area (Å²) in [5.41, 5.74) is -0.702. The molecular weight excluding hydrogens is 304 g/mol. The Morgan fingerprint density at radius 3 is 2.54 bits per heavy atom.